The van der Waals surface area contributed by atoms with Gasteiger partial charge in [-0.15, -0.1) is 0 Å². The number of benzene rings is 1. The minimum Gasteiger partial charge on any atom is -0.368 e. The minimum absolute atomic E-state index is 0.260. The van der Waals surface area contributed by atoms with Crippen LogP contribution in [0.1, 0.15) is 6.42 Å². The van der Waals surface area contributed by atoms with Crippen molar-refractivity contribution < 1.29 is 4.39 Å². The highest BCUT2D eigenvalue weighted by molar-refractivity contribution is 7.21. The van der Waals surface area contributed by atoms with Crippen molar-refractivity contribution in [3.8, 4) is 10.6 Å². The summed E-state index contributed by atoms with van der Waals surface area (Å²) in [5.41, 5.74) is 3.43. The fraction of sp³-hybridized carbons (Fsp3) is 0.200. The van der Waals surface area contributed by atoms with Crippen molar-refractivity contribution in [2.24, 2.45) is 7.05 Å². The van der Waals surface area contributed by atoms with Gasteiger partial charge in [-0.3, -0.25) is 0 Å². The third-order valence-electron chi connectivity index (χ3n) is 4.74. The average molecular weight is 407 g/mol. The number of nitrogens with zero attached hydrogens (tertiary/aromatic N) is 6. The summed E-state index contributed by atoms with van der Waals surface area (Å²) in [7, 11) is 1.95. The molecule has 4 aromatic heterocycles. The van der Waals surface area contributed by atoms with Gasteiger partial charge in [0, 0.05) is 38.1 Å². The zero-order chi connectivity index (χ0) is 19.8. The zero-order valence-corrected chi connectivity index (χ0v) is 16.5. The van der Waals surface area contributed by atoms with E-state index in [9.17, 15) is 4.39 Å². The largest absolute Gasteiger partial charge is 0.368 e. The molecule has 0 amide bonds. The Bertz CT molecular complexity index is 1270. The van der Waals surface area contributed by atoms with Crippen LogP contribution in [0.2, 0.25) is 0 Å². The second-order valence-electron chi connectivity index (χ2n) is 6.77. The van der Waals surface area contributed by atoms with Gasteiger partial charge in [-0.25, -0.2) is 24.3 Å². The molecule has 4 heterocycles. The third-order valence-corrected chi connectivity index (χ3v) is 5.74. The number of hydrogen-bond acceptors (Lipinski definition) is 6. The van der Waals surface area contributed by atoms with Crippen LogP contribution < -0.4 is 5.32 Å². The highest BCUT2D eigenvalue weighted by Crippen LogP contribution is 2.35. The Balaban J connectivity index is 1.48. The highest BCUT2D eigenvalue weighted by atomic mass is 32.1. The summed E-state index contributed by atoms with van der Waals surface area (Å²) in [4.78, 5) is 19.0. The molecule has 0 spiro atoms. The van der Waals surface area contributed by atoms with Crippen LogP contribution >= 0.6 is 11.3 Å². The molecule has 5 rings (SSSR count). The van der Waals surface area contributed by atoms with E-state index in [2.05, 4.69) is 15.3 Å². The molecule has 146 valence electrons. The summed E-state index contributed by atoms with van der Waals surface area (Å²) in [6.45, 7) is 1.65. The molecule has 0 bridgehead atoms. The Morgan fingerprint density at radius 2 is 1.97 bits per heavy atom. The van der Waals surface area contributed by atoms with Crippen molar-refractivity contribution in [2.75, 3.05) is 11.9 Å². The number of thiazole rings is 1. The fourth-order valence-corrected chi connectivity index (χ4v) is 4.26. The van der Waals surface area contributed by atoms with Crippen molar-refractivity contribution in [3.05, 3.63) is 55.1 Å². The van der Waals surface area contributed by atoms with Crippen LogP contribution in [0.5, 0.6) is 0 Å². The normalized spacial score (nSPS) is 11.5. The first-order valence-corrected chi connectivity index (χ1v) is 10.1. The topological polar surface area (TPSA) is 73.5 Å². The van der Waals surface area contributed by atoms with E-state index in [0.717, 1.165) is 57.3 Å². The van der Waals surface area contributed by atoms with Crippen molar-refractivity contribution in [2.45, 2.75) is 13.0 Å². The van der Waals surface area contributed by atoms with Crippen LogP contribution in [0, 0.1) is 5.82 Å². The Kier molecular flexibility index (Phi) is 4.44. The molecule has 0 saturated heterocycles. The zero-order valence-electron chi connectivity index (χ0n) is 15.7. The van der Waals surface area contributed by atoms with E-state index in [1.807, 2.05) is 28.7 Å². The number of pyridine rings is 1. The van der Waals surface area contributed by atoms with E-state index < -0.39 is 0 Å². The standard InChI is InChI=1S/C20H18FN7S/c1-27-12-24-15-17(27)16-20(29-19(25-16)13-3-5-14(21)6-4-13)26-18(15)23-7-2-9-28-10-8-22-11-28/h3-6,8,10-12H,2,7,9H2,1H3,(H,23,26). The minimum atomic E-state index is -0.260. The van der Waals surface area contributed by atoms with Crippen LogP contribution in [-0.4, -0.2) is 35.6 Å². The molecule has 0 radical (unpaired) electrons. The Morgan fingerprint density at radius 3 is 2.76 bits per heavy atom. The first kappa shape index (κ1) is 17.7. The van der Waals surface area contributed by atoms with Gasteiger partial charge in [0.25, 0.3) is 0 Å². The SMILES string of the molecule is Cn1cnc2c(NCCCn3ccnc3)nc3sc(-c4ccc(F)cc4)nc3c21. The monoisotopic (exact) mass is 407 g/mol. The maximum absolute atomic E-state index is 13.3. The lowest BCUT2D eigenvalue weighted by atomic mass is 10.2. The molecular weight excluding hydrogens is 389 g/mol. The second kappa shape index (κ2) is 7.25. The molecule has 7 nitrogen and oxygen atoms in total. The van der Waals surface area contributed by atoms with Crippen LogP contribution in [0.25, 0.3) is 32.0 Å². The first-order valence-electron chi connectivity index (χ1n) is 9.26. The second-order valence-corrected chi connectivity index (χ2v) is 7.75. The number of halogens is 1. The number of imidazole rings is 2. The van der Waals surface area contributed by atoms with Gasteiger partial charge in [0.2, 0.25) is 0 Å². The molecule has 0 aliphatic carbocycles. The van der Waals surface area contributed by atoms with Crippen LogP contribution in [0.15, 0.2) is 49.3 Å². The number of rotatable bonds is 6. The maximum atomic E-state index is 13.3. The molecule has 9 heteroatoms. The van der Waals surface area contributed by atoms with Gasteiger partial charge in [-0.05, 0) is 30.7 Å². The molecule has 5 aromatic rings. The third kappa shape index (κ3) is 3.33. The summed E-state index contributed by atoms with van der Waals surface area (Å²) >= 11 is 1.50. The fourth-order valence-electron chi connectivity index (χ4n) is 3.31. The number of anilines is 1. The molecule has 1 N–H and O–H groups in total. The van der Waals surface area contributed by atoms with Crippen molar-refractivity contribution in [1.82, 2.24) is 29.1 Å². The number of aryl methyl sites for hydroxylation is 2. The molecular formula is C20H18FN7S. The molecule has 0 atom stereocenters. The van der Waals surface area contributed by atoms with Crippen molar-refractivity contribution in [1.29, 1.82) is 0 Å². The lowest BCUT2D eigenvalue weighted by Gasteiger charge is -2.07. The molecule has 0 saturated carbocycles. The van der Waals surface area contributed by atoms with Crippen LogP contribution in [0.4, 0.5) is 10.2 Å². The molecule has 29 heavy (non-hydrogen) atoms. The van der Waals surface area contributed by atoms with Gasteiger partial charge in [-0.1, -0.05) is 11.3 Å². The molecule has 0 aliphatic heterocycles. The Hall–Kier alpha value is -3.33. The maximum Gasteiger partial charge on any atom is 0.156 e. The Morgan fingerprint density at radius 1 is 1.10 bits per heavy atom. The number of nitrogens with one attached hydrogen (secondary N) is 1. The number of hydrogen-bond donors (Lipinski definition) is 1. The van der Waals surface area contributed by atoms with Crippen LogP contribution in [-0.2, 0) is 13.6 Å². The summed E-state index contributed by atoms with van der Waals surface area (Å²) < 4.78 is 17.3. The van der Waals surface area contributed by atoms with E-state index in [0.29, 0.717) is 0 Å². The summed E-state index contributed by atoms with van der Waals surface area (Å²) in [5.74, 6) is 0.497. The summed E-state index contributed by atoms with van der Waals surface area (Å²) in [5, 5.41) is 4.23. The van der Waals surface area contributed by atoms with Gasteiger partial charge in [0.15, 0.2) is 5.82 Å². The van der Waals surface area contributed by atoms with E-state index in [1.165, 1.54) is 23.5 Å². The van der Waals surface area contributed by atoms with E-state index >= 15 is 0 Å². The quantitative estimate of drug-likeness (QED) is 0.429. The van der Waals surface area contributed by atoms with Crippen molar-refractivity contribution >= 4 is 38.5 Å². The predicted molar refractivity (Wildman–Crippen MR) is 112 cm³/mol. The summed E-state index contributed by atoms with van der Waals surface area (Å²) in [6, 6.07) is 6.37. The lowest BCUT2D eigenvalue weighted by molar-refractivity contribution is 0.628. The van der Waals surface area contributed by atoms with Gasteiger partial charge in [-0.2, -0.15) is 0 Å². The van der Waals surface area contributed by atoms with Gasteiger partial charge >= 0.3 is 0 Å². The van der Waals surface area contributed by atoms with Gasteiger partial charge in [0.1, 0.15) is 32.2 Å². The van der Waals surface area contributed by atoms with Gasteiger partial charge < -0.3 is 14.5 Å². The first-order chi connectivity index (χ1) is 14.2. The predicted octanol–water partition coefficient (Wildman–Crippen LogP) is 4.08. The lowest BCUT2D eigenvalue weighted by Crippen LogP contribution is -2.07. The molecule has 1 aromatic carbocycles. The van der Waals surface area contributed by atoms with Crippen molar-refractivity contribution in [3.63, 3.8) is 0 Å². The smallest absolute Gasteiger partial charge is 0.156 e. The number of fused-ring (bicyclic) bond motifs is 3. The van der Waals surface area contributed by atoms with Gasteiger partial charge in [0.05, 0.1) is 12.7 Å². The van der Waals surface area contributed by atoms with E-state index in [1.54, 1.807) is 24.7 Å². The Labute approximate surface area is 169 Å². The summed E-state index contributed by atoms with van der Waals surface area (Å²) in [6.07, 6.45) is 8.27. The highest BCUT2D eigenvalue weighted by Gasteiger charge is 2.17. The van der Waals surface area contributed by atoms with E-state index in [4.69, 9.17) is 9.97 Å². The molecule has 0 aliphatic rings. The molecule has 0 unspecified atom stereocenters. The number of aromatic nitrogens is 6. The average Bonchev–Trinajstić information content (AvgIpc) is 3.45. The molecule has 0 fully saturated rings. The van der Waals surface area contributed by atoms with E-state index in [-0.39, 0.29) is 5.82 Å². The van der Waals surface area contributed by atoms with Crippen LogP contribution in [0.3, 0.4) is 0 Å².